The Balaban J connectivity index is 0.00000183. The first-order valence-corrected chi connectivity index (χ1v) is 21.1. The molecular weight excluding hydrogens is 760 g/mol. The van der Waals surface area contributed by atoms with Crippen molar-refractivity contribution in [2.75, 3.05) is 38.2 Å². The molecule has 1 aliphatic heterocycles. The molecule has 4 aromatic rings. The Bertz CT molecular complexity index is 1980. The van der Waals surface area contributed by atoms with Crippen molar-refractivity contribution in [3.8, 4) is 28.4 Å². The van der Waals surface area contributed by atoms with Gasteiger partial charge in [-0.2, -0.15) is 0 Å². The van der Waals surface area contributed by atoms with Crippen LogP contribution in [0.25, 0.3) is 11.1 Å². The molecule has 2 bridgehead atoms. The highest BCUT2D eigenvalue weighted by Gasteiger charge is 2.41. The highest BCUT2D eigenvalue weighted by Crippen LogP contribution is 2.51. The summed E-state index contributed by atoms with van der Waals surface area (Å²) >= 11 is 1.37. The van der Waals surface area contributed by atoms with E-state index >= 15 is 4.39 Å². The topological polar surface area (TPSA) is 148 Å². The molecular formula is C45H55FN4O7S. The molecule has 2 amide bonds. The van der Waals surface area contributed by atoms with Crippen LogP contribution in [0.1, 0.15) is 81.5 Å². The van der Waals surface area contributed by atoms with Crippen molar-refractivity contribution in [3.63, 3.8) is 0 Å². The molecule has 1 aromatic heterocycles. The number of benzene rings is 3. The van der Waals surface area contributed by atoms with Crippen LogP contribution in [0.5, 0.6) is 17.2 Å². The zero-order valence-corrected chi connectivity index (χ0v) is 34.4. The van der Waals surface area contributed by atoms with Crippen molar-refractivity contribution in [1.82, 2.24) is 15.6 Å². The van der Waals surface area contributed by atoms with Crippen molar-refractivity contribution in [2.24, 2.45) is 23.2 Å². The lowest BCUT2D eigenvalue weighted by molar-refractivity contribution is -0.125. The summed E-state index contributed by atoms with van der Waals surface area (Å²) < 4.78 is 33.9. The number of halogens is 1. The fourth-order valence-corrected chi connectivity index (χ4v) is 9.74. The second-order valence-corrected chi connectivity index (χ2v) is 17.2. The molecule has 0 spiro atoms. The number of fused-ring (bicyclic) bond motifs is 3. The lowest BCUT2D eigenvalue weighted by Gasteiger charge is -2.47. The summed E-state index contributed by atoms with van der Waals surface area (Å²) in [6.45, 7) is 8.50. The lowest BCUT2D eigenvalue weighted by atomic mass is 9.58. The van der Waals surface area contributed by atoms with Gasteiger partial charge in [0.15, 0.2) is 16.6 Å². The van der Waals surface area contributed by atoms with Crippen molar-refractivity contribution in [3.05, 3.63) is 88.7 Å². The van der Waals surface area contributed by atoms with E-state index in [0.29, 0.717) is 60.7 Å². The molecule has 3 atom stereocenters. The number of carboxylic acid groups (broad SMARTS) is 1. The number of aromatic nitrogens is 1. The second kappa shape index (κ2) is 20.2. The number of anilines is 1. The highest BCUT2D eigenvalue weighted by molar-refractivity contribution is 7.13. The zero-order valence-electron chi connectivity index (χ0n) is 33.6. The van der Waals surface area contributed by atoms with Gasteiger partial charge in [0.1, 0.15) is 18.2 Å². The van der Waals surface area contributed by atoms with Gasteiger partial charge in [-0.1, -0.05) is 43.7 Å². The summed E-state index contributed by atoms with van der Waals surface area (Å²) in [5, 5.41) is 18.7. The molecule has 58 heavy (non-hydrogen) atoms. The van der Waals surface area contributed by atoms with Gasteiger partial charge in [0, 0.05) is 48.6 Å². The van der Waals surface area contributed by atoms with E-state index in [2.05, 4.69) is 34.8 Å². The summed E-state index contributed by atoms with van der Waals surface area (Å²) in [4.78, 5) is 38.4. The number of carbonyl (C=O) groups is 3. The Morgan fingerprint density at radius 1 is 1.02 bits per heavy atom. The Kier molecular flexibility index (Phi) is 14.9. The molecule has 310 valence electrons. The van der Waals surface area contributed by atoms with E-state index in [1.165, 1.54) is 36.7 Å². The monoisotopic (exact) mass is 814 g/mol. The smallest absolute Gasteiger partial charge is 0.290 e. The third kappa shape index (κ3) is 11.9. The summed E-state index contributed by atoms with van der Waals surface area (Å²) in [6, 6.07) is 16.1. The van der Waals surface area contributed by atoms with Crippen LogP contribution in [0.15, 0.2) is 66.2 Å². The fraction of sp³-hybridized carbons (Fsp3) is 0.467. The first-order chi connectivity index (χ1) is 28.0. The summed E-state index contributed by atoms with van der Waals surface area (Å²) in [6.07, 6.45) is 9.41. The number of hydrogen-bond acceptors (Lipinski definition) is 9. The molecule has 13 heteroatoms. The SMILES string of the molecule is Cc1ccc(-c2ccc(Oc3cc4c(cc3OCCOCCNC(=O)CC3(C)CC5CC(C)CC(C5)C3)CCN[C@@H]4CC(=O)Nc3nccs3)cc2F)cc1.O=CO. The largest absolute Gasteiger partial charge is 0.487 e. The maximum absolute atomic E-state index is 15.5. The number of nitrogens with one attached hydrogen (secondary N) is 3. The molecule has 11 nitrogen and oxygen atoms in total. The minimum absolute atomic E-state index is 0.0835. The normalized spacial score (nSPS) is 22.1. The number of carbonyl (C=O) groups excluding carboxylic acids is 2. The highest BCUT2D eigenvalue weighted by atomic mass is 32.1. The fourth-order valence-electron chi connectivity index (χ4n) is 9.20. The van der Waals surface area contributed by atoms with Gasteiger partial charge in [-0.15, -0.1) is 11.3 Å². The van der Waals surface area contributed by atoms with Crippen LogP contribution in [0.2, 0.25) is 0 Å². The van der Waals surface area contributed by atoms with Crippen LogP contribution in [0.3, 0.4) is 0 Å². The number of thiazole rings is 1. The van der Waals surface area contributed by atoms with Gasteiger partial charge in [0.25, 0.3) is 6.47 Å². The Labute approximate surface area is 344 Å². The number of nitrogens with zero attached hydrogens (tertiary/aromatic N) is 1. The van der Waals surface area contributed by atoms with Gasteiger partial charge >= 0.3 is 0 Å². The maximum Gasteiger partial charge on any atom is 0.290 e. The van der Waals surface area contributed by atoms with Crippen LogP contribution >= 0.6 is 11.3 Å². The molecule has 2 heterocycles. The minimum Gasteiger partial charge on any atom is -0.487 e. The van der Waals surface area contributed by atoms with Gasteiger partial charge in [-0.25, -0.2) is 9.37 Å². The molecule has 4 N–H and O–H groups in total. The Morgan fingerprint density at radius 2 is 1.78 bits per heavy atom. The molecule has 2 aliphatic carbocycles. The number of amides is 2. The number of rotatable bonds is 15. The zero-order chi connectivity index (χ0) is 41.1. The van der Waals surface area contributed by atoms with Gasteiger partial charge in [0.2, 0.25) is 11.8 Å². The molecule has 3 aromatic carbocycles. The number of aryl methyl sites for hydroxylation is 1. The predicted molar refractivity (Wildman–Crippen MR) is 223 cm³/mol. The molecule has 2 unspecified atom stereocenters. The average molecular weight is 815 g/mol. The van der Waals surface area contributed by atoms with Crippen molar-refractivity contribution in [1.29, 1.82) is 0 Å². The molecule has 0 saturated heterocycles. The first-order valence-electron chi connectivity index (χ1n) is 20.2. The van der Waals surface area contributed by atoms with Crippen LogP contribution in [0.4, 0.5) is 9.52 Å². The Morgan fingerprint density at radius 3 is 2.48 bits per heavy atom. The van der Waals surface area contributed by atoms with E-state index in [9.17, 15) is 9.59 Å². The third-order valence-corrected chi connectivity index (χ3v) is 12.0. The van der Waals surface area contributed by atoms with Crippen LogP contribution in [-0.4, -0.2) is 61.3 Å². The van der Waals surface area contributed by atoms with E-state index in [4.69, 9.17) is 24.1 Å². The van der Waals surface area contributed by atoms with E-state index in [1.807, 2.05) is 48.7 Å². The standard InChI is InChI=1S/C44H53FN4O5S.CH2O2/c1-28-4-6-32(7-5-28)35-9-8-34(22-37(35)45)54-40-23-36-33(10-11-46-38(36)24-41(50)49-43-48-13-17-55-43)21-39(40)53-16-15-52-14-12-47-42(51)27-44(3)25-30-18-29(2)19-31(20-30)26-44;2-1-3/h4-9,13,17,21-23,29-31,38,46H,10-12,14-16,18-20,24-27H2,1-3H3,(H,47,51)(H,48,49,50);1H,(H,2,3)/t29?,30?,31?,38-,44?;/m1./s1. The van der Waals surface area contributed by atoms with Gasteiger partial charge in [0.05, 0.1) is 13.2 Å². The second-order valence-electron chi connectivity index (χ2n) is 16.3. The molecule has 2 saturated carbocycles. The third-order valence-electron chi connectivity index (χ3n) is 11.3. The quantitative estimate of drug-likeness (QED) is 0.0683. The summed E-state index contributed by atoms with van der Waals surface area (Å²) in [5.41, 5.74) is 4.42. The molecule has 7 rings (SSSR count). The molecule has 2 fully saturated rings. The van der Waals surface area contributed by atoms with Crippen molar-refractivity contribution in [2.45, 2.75) is 78.2 Å². The molecule has 0 radical (unpaired) electrons. The maximum atomic E-state index is 15.5. The number of hydrogen-bond donors (Lipinski definition) is 4. The van der Waals surface area contributed by atoms with E-state index < -0.39 is 5.82 Å². The first kappa shape index (κ1) is 42.7. The van der Waals surface area contributed by atoms with Gasteiger partial charge in [-0.05, 0) is 116 Å². The van der Waals surface area contributed by atoms with Crippen molar-refractivity contribution >= 4 is 34.8 Å². The van der Waals surface area contributed by atoms with Gasteiger partial charge in [-0.3, -0.25) is 14.4 Å². The van der Waals surface area contributed by atoms with Gasteiger partial charge < -0.3 is 35.3 Å². The molecule has 3 aliphatic rings. The predicted octanol–water partition coefficient (Wildman–Crippen LogP) is 8.72. The average Bonchev–Trinajstić information content (AvgIpc) is 3.68. The summed E-state index contributed by atoms with van der Waals surface area (Å²) in [5.74, 6) is 3.13. The van der Waals surface area contributed by atoms with E-state index in [1.54, 1.807) is 18.3 Å². The van der Waals surface area contributed by atoms with Crippen molar-refractivity contribution < 1.29 is 38.1 Å². The summed E-state index contributed by atoms with van der Waals surface area (Å²) in [7, 11) is 0. The van der Waals surface area contributed by atoms with E-state index in [-0.39, 0.29) is 42.8 Å². The van der Waals surface area contributed by atoms with E-state index in [0.717, 1.165) is 59.3 Å². The van der Waals surface area contributed by atoms with Crippen LogP contribution in [0, 0.1) is 35.9 Å². The lowest BCUT2D eigenvalue weighted by Crippen LogP contribution is -2.40. The minimum atomic E-state index is -0.397. The Hall–Kier alpha value is -4.85. The number of ether oxygens (including phenoxy) is 3. The van der Waals surface area contributed by atoms with Crippen LogP contribution in [-0.2, 0) is 25.5 Å². The van der Waals surface area contributed by atoms with Crippen LogP contribution < -0.4 is 25.4 Å².